The third-order valence-electron chi connectivity index (χ3n) is 7.15. The molecule has 0 saturated carbocycles. The summed E-state index contributed by atoms with van der Waals surface area (Å²) in [6, 6.07) is 16.1. The maximum absolute atomic E-state index is 14.2. The van der Waals surface area contributed by atoms with Gasteiger partial charge < -0.3 is 4.90 Å². The maximum Gasteiger partial charge on any atom is 0.460 e. The quantitative estimate of drug-likeness (QED) is 0.545. The number of nitrogens with zero attached hydrogens (tertiary/aromatic N) is 4. The number of quaternary nitrogens is 1. The van der Waals surface area contributed by atoms with Crippen molar-refractivity contribution in [1.29, 1.82) is 0 Å². The van der Waals surface area contributed by atoms with Gasteiger partial charge in [0, 0.05) is 33.7 Å². The molecule has 36 heavy (non-hydrogen) atoms. The highest BCUT2D eigenvalue weighted by atomic mass is 35.5. The van der Waals surface area contributed by atoms with Crippen LogP contribution >= 0.6 is 11.6 Å². The molecule has 2 aromatic carbocycles. The van der Waals surface area contributed by atoms with Gasteiger partial charge in [-0.2, -0.15) is 12.7 Å². The number of carbonyl (C=O) groups is 1. The van der Waals surface area contributed by atoms with Crippen LogP contribution in [0.2, 0.25) is 5.02 Å². The number of piperidine rings is 1. The molecule has 2 amide bonds. The molecule has 10 heteroatoms. The van der Waals surface area contributed by atoms with Gasteiger partial charge in [0.2, 0.25) is 0 Å². The summed E-state index contributed by atoms with van der Waals surface area (Å²) < 4.78 is 28.6. The van der Waals surface area contributed by atoms with E-state index in [0.717, 1.165) is 37.1 Å². The van der Waals surface area contributed by atoms with Crippen LogP contribution in [0.3, 0.4) is 0 Å². The zero-order valence-electron chi connectivity index (χ0n) is 21.1. The molecule has 1 N–H and O–H groups in total. The Morgan fingerprint density at radius 3 is 2.28 bits per heavy atom. The van der Waals surface area contributed by atoms with Gasteiger partial charge in [-0.05, 0) is 50.7 Å². The number of hydrogen-bond acceptors (Lipinski definition) is 5. The van der Waals surface area contributed by atoms with Crippen molar-refractivity contribution in [2.24, 2.45) is 5.10 Å². The molecule has 1 saturated heterocycles. The van der Waals surface area contributed by atoms with Crippen LogP contribution in [0.15, 0.2) is 59.7 Å². The largest absolute Gasteiger partial charge is 0.460 e. The number of nitrogens with one attached hydrogen (secondary N) is 1. The third-order valence-corrected chi connectivity index (χ3v) is 9.73. The molecule has 0 radical (unpaired) electrons. The molecule has 4 rings (SSSR count). The first-order chi connectivity index (χ1) is 17.2. The summed E-state index contributed by atoms with van der Waals surface area (Å²) in [6.07, 6.45) is 1.53. The second kappa shape index (κ2) is 11.0. The Hall–Kier alpha value is -2.30. The average molecular weight is 533 g/mol. The average Bonchev–Trinajstić information content (AvgIpc) is 3.30. The van der Waals surface area contributed by atoms with E-state index < -0.39 is 20.2 Å². The van der Waals surface area contributed by atoms with Crippen LogP contribution < -0.4 is 5.32 Å². The van der Waals surface area contributed by atoms with Crippen molar-refractivity contribution in [3.8, 4) is 0 Å². The maximum atomic E-state index is 14.2. The smallest absolute Gasteiger partial charge is 0.306 e. The summed E-state index contributed by atoms with van der Waals surface area (Å²) in [7, 11) is -2.13. The fourth-order valence-electron chi connectivity index (χ4n) is 4.99. The zero-order chi connectivity index (χ0) is 25.9. The van der Waals surface area contributed by atoms with Gasteiger partial charge in [0.25, 0.3) is 0 Å². The first kappa shape index (κ1) is 26.8. The number of rotatable bonds is 7. The number of carbonyl (C=O) groups excluding carboxylic acids is 1. The van der Waals surface area contributed by atoms with E-state index in [0.29, 0.717) is 10.7 Å². The summed E-state index contributed by atoms with van der Waals surface area (Å²) in [5, 5.41) is 8.44. The second-order valence-electron chi connectivity index (χ2n) is 9.43. The molecule has 0 spiro atoms. The van der Waals surface area contributed by atoms with Gasteiger partial charge in [0.15, 0.2) is 0 Å². The summed E-state index contributed by atoms with van der Waals surface area (Å²) >= 11 is 6.13. The minimum absolute atomic E-state index is 0.0146. The highest BCUT2D eigenvalue weighted by Gasteiger charge is 2.60. The lowest BCUT2D eigenvalue weighted by atomic mass is 9.91. The van der Waals surface area contributed by atoms with Crippen molar-refractivity contribution < 1.29 is 17.2 Å². The van der Waals surface area contributed by atoms with E-state index in [1.807, 2.05) is 49.5 Å². The first-order valence-corrected chi connectivity index (χ1v) is 14.3. The van der Waals surface area contributed by atoms with Crippen LogP contribution in [0.4, 0.5) is 4.79 Å². The van der Waals surface area contributed by atoms with E-state index in [-0.39, 0.29) is 31.6 Å². The van der Waals surface area contributed by atoms with Crippen LogP contribution in [0.1, 0.15) is 43.7 Å². The Bertz CT molecular complexity index is 1190. The number of hydrogen-bond donors (Lipinski definition) is 1. The van der Waals surface area contributed by atoms with Gasteiger partial charge in [-0.15, -0.1) is 0 Å². The van der Waals surface area contributed by atoms with Crippen molar-refractivity contribution in [2.75, 3.05) is 39.8 Å². The minimum atomic E-state index is -4.18. The standard InChI is InChI=1S/C26H34ClN5O3S/c1-4-31(5-2)36(34,35)32(26(33)28-23-15-17-30(3)18-16-23)19-24(20-9-7-6-8-10-20)25(29-32)21-11-13-22(27)14-12-21/h6-14,23-24H,4-5,15-19H2,1-3H3/p+1. The van der Waals surface area contributed by atoms with E-state index in [9.17, 15) is 13.2 Å². The Kier molecular flexibility index (Phi) is 8.16. The molecular weight excluding hydrogens is 498 g/mol. The van der Waals surface area contributed by atoms with E-state index in [2.05, 4.69) is 10.2 Å². The monoisotopic (exact) mass is 532 g/mol. The highest BCUT2D eigenvalue weighted by Crippen LogP contribution is 2.38. The number of likely N-dealkylation sites (tertiary alicyclic amines) is 1. The molecule has 0 bridgehead atoms. The fraction of sp³-hybridized carbons (Fsp3) is 0.462. The minimum Gasteiger partial charge on any atom is -0.306 e. The van der Waals surface area contributed by atoms with Crippen LogP contribution in [-0.4, -0.2) is 79.2 Å². The molecular formula is C26H35ClN5O3S+. The first-order valence-electron chi connectivity index (χ1n) is 12.5. The predicted molar refractivity (Wildman–Crippen MR) is 143 cm³/mol. The number of benzene rings is 2. The summed E-state index contributed by atoms with van der Waals surface area (Å²) in [6.45, 7) is 5.74. The molecule has 2 aliphatic rings. The van der Waals surface area contributed by atoms with Crippen molar-refractivity contribution >= 4 is 33.6 Å². The molecule has 2 aromatic rings. The molecule has 8 nitrogen and oxygen atoms in total. The predicted octanol–water partition coefficient (Wildman–Crippen LogP) is 4.05. The van der Waals surface area contributed by atoms with E-state index in [4.69, 9.17) is 16.7 Å². The fourth-order valence-corrected chi connectivity index (χ4v) is 6.95. The molecule has 1 fully saturated rings. The lowest BCUT2D eigenvalue weighted by Crippen LogP contribution is -2.62. The Morgan fingerprint density at radius 1 is 1.08 bits per heavy atom. The lowest BCUT2D eigenvalue weighted by Gasteiger charge is -2.33. The van der Waals surface area contributed by atoms with Crippen LogP contribution in [0, 0.1) is 0 Å². The zero-order valence-corrected chi connectivity index (χ0v) is 22.7. The SMILES string of the molecule is CCN(CC)S(=O)(=O)[N+]1(C(=O)NC2CCN(C)CC2)CC(c2ccccc2)C(c2ccc(Cl)cc2)=N1. The summed E-state index contributed by atoms with van der Waals surface area (Å²) in [5.41, 5.74) is 2.22. The van der Waals surface area contributed by atoms with Crippen LogP contribution in [-0.2, 0) is 10.2 Å². The highest BCUT2D eigenvalue weighted by molar-refractivity contribution is 7.83. The van der Waals surface area contributed by atoms with Gasteiger partial charge >= 0.3 is 16.2 Å². The van der Waals surface area contributed by atoms with Crippen LogP contribution in [0.25, 0.3) is 0 Å². The normalized spacial score (nSPS) is 23.6. The lowest BCUT2D eigenvalue weighted by molar-refractivity contribution is -0.725. The van der Waals surface area contributed by atoms with Crippen molar-refractivity contribution in [1.82, 2.24) is 14.5 Å². The molecule has 2 unspecified atom stereocenters. The number of amides is 2. The Balaban J connectivity index is 1.84. The van der Waals surface area contributed by atoms with E-state index in [1.165, 1.54) is 4.31 Å². The number of halogens is 1. The van der Waals surface area contributed by atoms with Gasteiger partial charge in [-0.1, -0.05) is 73.0 Å². The number of urea groups is 1. The van der Waals surface area contributed by atoms with Crippen molar-refractivity contribution in [3.63, 3.8) is 0 Å². The second-order valence-corrected chi connectivity index (χ2v) is 11.9. The third kappa shape index (κ3) is 5.08. The van der Waals surface area contributed by atoms with Gasteiger partial charge in [0.1, 0.15) is 12.3 Å². The summed E-state index contributed by atoms with van der Waals surface area (Å²) in [5.74, 6) is -0.388. The summed E-state index contributed by atoms with van der Waals surface area (Å²) in [4.78, 5) is 16.2. The molecule has 2 heterocycles. The van der Waals surface area contributed by atoms with Gasteiger partial charge in [-0.3, -0.25) is 5.32 Å². The van der Waals surface area contributed by atoms with E-state index in [1.54, 1.807) is 26.0 Å². The molecule has 0 aliphatic carbocycles. The Labute approximate surface area is 219 Å². The van der Waals surface area contributed by atoms with Gasteiger partial charge in [0.05, 0.1) is 5.92 Å². The van der Waals surface area contributed by atoms with Gasteiger partial charge in [-0.25, -0.2) is 4.79 Å². The molecule has 0 aromatic heterocycles. The molecule has 194 valence electrons. The van der Waals surface area contributed by atoms with Crippen LogP contribution in [0.5, 0.6) is 0 Å². The van der Waals surface area contributed by atoms with E-state index >= 15 is 0 Å². The molecule has 2 atom stereocenters. The van der Waals surface area contributed by atoms with Crippen molar-refractivity contribution in [3.05, 3.63) is 70.7 Å². The Morgan fingerprint density at radius 2 is 1.69 bits per heavy atom. The molecule has 2 aliphatic heterocycles. The van der Waals surface area contributed by atoms with Crippen molar-refractivity contribution in [2.45, 2.75) is 38.6 Å². The topological polar surface area (TPSA) is 82.1 Å².